The Morgan fingerprint density at radius 1 is 1.00 bits per heavy atom. The van der Waals surface area contributed by atoms with Gasteiger partial charge in [0.2, 0.25) is 0 Å². The van der Waals surface area contributed by atoms with Crippen molar-refractivity contribution in [1.82, 2.24) is 9.80 Å². The molecule has 0 saturated carbocycles. The van der Waals surface area contributed by atoms with Crippen LogP contribution in [0, 0.1) is 0 Å². The standard InChI is InChI=1S/C20H32N2O3/c1-7-21(8-2)18(23)17-14-16(20(4,5)6)11-10-15(17)12-13-22(9-3)19(24)25/h10-11,14H,7-9,12-13H2,1-6H3,(H,24,25). The minimum absolute atomic E-state index is 0.0180. The Balaban J connectivity index is 3.22. The molecule has 5 heteroatoms. The summed E-state index contributed by atoms with van der Waals surface area (Å²) in [4.78, 5) is 27.3. The highest BCUT2D eigenvalue weighted by Gasteiger charge is 2.21. The van der Waals surface area contributed by atoms with Crippen molar-refractivity contribution in [3.63, 3.8) is 0 Å². The summed E-state index contributed by atoms with van der Waals surface area (Å²) in [5.74, 6) is 0.0180. The quantitative estimate of drug-likeness (QED) is 0.810. The molecule has 1 aromatic rings. The van der Waals surface area contributed by atoms with Crippen molar-refractivity contribution in [3.8, 4) is 0 Å². The van der Waals surface area contributed by atoms with E-state index in [0.29, 0.717) is 38.2 Å². The molecule has 5 nitrogen and oxygen atoms in total. The number of carbonyl (C=O) groups is 2. The molecule has 0 unspecified atom stereocenters. The van der Waals surface area contributed by atoms with Crippen LogP contribution >= 0.6 is 0 Å². The molecule has 0 spiro atoms. The van der Waals surface area contributed by atoms with Crippen LogP contribution < -0.4 is 0 Å². The van der Waals surface area contributed by atoms with Gasteiger partial charge in [0, 0.05) is 31.7 Å². The predicted molar refractivity (Wildman–Crippen MR) is 101 cm³/mol. The minimum atomic E-state index is -0.926. The highest BCUT2D eigenvalue weighted by atomic mass is 16.4. The van der Waals surface area contributed by atoms with Gasteiger partial charge in [-0.15, -0.1) is 0 Å². The first-order valence-corrected chi connectivity index (χ1v) is 9.06. The number of benzene rings is 1. The third-order valence-corrected chi connectivity index (χ3v) is 4.56. The zero-order valence-electron chi connectivity index (χ0n) is 16.4. The van der Waals surface area contributed by atoms with Gasteiger partial charge in [-0.2, -0.15) is 0 Å². The minimum Gasteiger partial charge on any atom is -0.465 e. The maximum absolute atomic E-state index is 13.0. The van der Waals surface area contributed by atoms with Gasteiger partial charge in [-0.3, -0.25) is 4.79 Å². The van der Waals surface area contributed by atoms with E-state index < -0.39 is 6.09 Å². The van der Waals surface area contributed by atoms with Gasteiger partial charge in [0.15, 0.2) is 0 Å². The molecule has 0 aromatic heterocycles. The summed E-state index contributed by atoms with van der Waals surface area (Å²) in [6, 6.07) is 6.01. The second kappa shape index (κ2) is 8.88. The Labute approximate surface area is 151 Å². The van der Waals surface area contributed by atoms with Gasteiger partial charge >= 0.3 is 6.09 Å². The van der Waals surface area contributed by atoms with E-state index >= 15 is 0 Å². The largest absolute Gasteiger partial charge is 0.465 e. The van der Waals surface area contributed by atoms with Crippen molar-refractivity contribution < 1.29 is 14.7 Å². The van der Waals surface area contributed by atoms with Gasteiger partial charge in [-0.05, 0) is 49.8 Å². The maximum Gasteiger partial charge on any atom is 0.407 e. The van der Waals surface area contributed by atoms with Crippen LogP contribution in [0.3, 0.4) is 0 Å². The maximum atomic E-state index is 13.0. The average Bonchev–Trinajstić information content (AvgIpc) is 2.55. The summed E-state index contributed by atoms with van der Waals surface area (Å²) in [7, 11) is 0. The lowest BCUT2D eigenvalue weighted by Crippen LogP contribution is -2.33. The van der Waals surface area contributed by atoms with E-state index in [0.717, 1.165) is 11.1 Å². The Morgan fingerprint density at radius 3 is 2.00 bits per heavy atom. The second-order valence-electron chi connectivity index (χ2n) is 7.21. The lowest BCUT2D eigenvalue weighted by atomic mass is 9.84. The number of hydrogen-bond donors (Lipinski definition) is 1. The fourth-order valence-electron chi connectivity index (χ4n) is 2.79. The smallest absolute Gasteiger partial charge is 0.407 e. The van der Waals surface area contributed by atoms with Gasteiger partial charge in [0.25, 0.3) is 5.91 Å². The van der Waals surface area contributed by atoms with Crippen molar-refractivity contribution >= 4 is 12.0 Å². The summed E-state index contributed by atoms with van der Waals surface area (Å²) in [6.45, 7) is 14.3. The Morgan fingerprint density at radius 2 is 1.56 bits per heavy atom. The van der Waals surface area contributed by atoms with Crippen LogP contribution in [0.2, 0.25) is 0 Å². The Hall–Kier alpha value is -2.04. The van der Waals surface area contributed by atoms with Crippen LogP contribution in [0.5, 0.6) is 0 Å². The van der Waals surface area contributed by atoms with Crippen LogP contribution in [0.4, 0.5) is 4.79 Å². The molecule has 0 aliphatic carbocycles. The van der Waals surface area contributed by atoms with Crippen molar-refractivity contribution in [2.75, 3.05) is 26.2 Å². The van der Waals surface area contributed by atoms with Gasteiger partial charge in [-0.25, -0.2) is 4.79 Å². The summed E-state index contributed by atoms with van der Waals surface area (Å²) < 4.78 is 0. The van der Waals surface area contributed by atoms with Crippen LogP contribution in [0.15, 0.2) is 18.2 Å². The van der Waals surface area contributed by atoms with Crippen LogP contribution in [0.1, 0.15) is 63.0 Å². The van der Waals surface area contributed by atoms with E-state index in [1.807, 2.05) is 39.0 Å². The highest BCUT2D eigenvalue weighted by molar-refractivity contribution is 5.96. The van der Waals surface area contributed by atoms with E-state index in [2.05, 4.69) is 20.8 Å². The van der Waals surface area contributed by atoms with E-state index in [9.17, 15) is 14.7 Å². The first-order valence-electron chi connectivity index (χ1n) is 9.06. The normalized spacial score (nSPS) is 11.3. The second-order valence-corrected chi connectivity index (χ2v) is 7.21. The summed E-state index contributed by atoms with van der Waals surface area (Å²) in [5.41, 5.74) is 2.66. The highest BCUT2D eigenvalue weighted by Crippen LogP contribution is 2.26. The van der Waals surface area contributed by atoms with E-state index in [4.69, 9.17) is 0 Å². The molecular weight excluding hydrogens is 316 g/mol. The SMILES string of the molecule is CCN(CCc1ccc(C(C)(C)C)cc1C(=O)N(CC)CC)C(=O)O. The topological polar surface area (TPSA) is 60.9 Å². The molecule has 0 fully saturated rings. The van der Waals surface area contributed by atoms with Crippen LogP contribution in [0.25, 0.3) is 0 Å². The van der Waals surface area contributed by atoms with Gasteiger partial charge < -0.3 is 14.9 Å². The average molecular weight is 348 g/mol. The molecule has 0 atom stereocenters. The number of carbonyl (C=O) groups excluding carboxylic acids is 1. The third-order valence-electron chi connectivity index (χ3n) is 4.56. The molecule has 1 aromatic carbocycles. The van der Waals surface area contributed by atoms with Crippen molar-refractivity contribution in [2.45, 2.75) is 53.4 Å². The molecule has 140 valence electrons. The third kappa shape index (κ3) is 5.48. The Bertz CT molecular complexity index is 601. The van der Waals surface area contributed by atoms with Gasteiger partial charge in [0.05, 0.1) is 0 Å². The van der Waals surface area contributed by atoms with Crippen molar-refractivity contribution in [2.24, 2.45) is 0 Å². The molecule has 0 saturated heterocycles. The molecule has 0 bridgehead atoms. The molecule has 1 N–H and O–H groups in total. The molecular formula is C20H32N2O3. The molecule has 0 aliphatic rings. The summed E-state index contributed by atoms with van der Waals surface area (Å²) in [6.07, 6.45) is -0.391. The summed E-state index contributed by atoms with van der Waals surface area (Å²) in [5, 5.41) is 9.20. The van der Waals surface area contributed by atoms with E-state index in [-0.39, 0.29) is 11.3 Å². The lowest BCUT2D eigenvalue weighted by molar-refractivity contribution is 0.0771. The zero-order valence-corrected chi connectivity index (χ0v) is 16.4. The first kappa shape index (κ1) is 21.0. The van der Waals surface area contributed by atoms with Crippen LogP contribution in [-0.4, -0.2) is 53.1 Å². The van der Waals surface area contributed by atoms with Crippen molar-refractivity contribution in [3.05, 3.63) is 34.9 Å². The van der Waals surface area contributed by atoms with E-state index in [1.54, 1.807) is 4.90 Å². The van der Waals surface area contributed by atoms with Gasteiger partial charge in [0.1, 0.15) is 0 Å². The Kier molecular flexibility index (Phi) is 7.46. The fourth-order valence-corrected chi connectivity index (χ4v) is 2.79. The number of carboxylic acid groups (broad SMARTS) is 1. The van der Waals surface area contributed by atoms with Gasteiger partial charge in [-0.1, -0.05) is 32.9 Å². The number of likely N-dealkylation sites (N-methyl/N-ethyl adjacent to an activating group) is 1. The van der Waals surface area contributed by atoms with Crippen LogP contribution in [-0.2, 0) is 11.8 Å². The molecule has 2 amide bonds. The number of rotatable bonds is 7. The molecule has 0 radical (unpaired) electrons. The lowest BCUT2D eigenvalue weighted by Gasteiger charge is -2.25. The van der Waals surface area contributed by atoms with Crippen molar-refractivity contribution in [1.29, 1.82) is 0 Å². The number of hydrogen-bond acceptors (Lipinski definition) is 2. The molecule has 25 heavy (non-hydrogen) atoms. The number of nitrogens with zero attached hydrogens (tertiary/aromatic N) is 2. The fraction of sp³-hybridized carbons (Fsp3) is 0.600. The zero-order chi connectivity index (χ0) is 19.2. The van der Waals surface area contributed by atoms with E-state index in [1.165, 1.54) is 4.90 Å². The molecule has 0 aliphatic heterocycles. The molecule has 0 heterocycles. The molecule has 1 rings (SSSR count). The number of amides is 2. The first-order chi connectivity index (χ1) is 11.6. The predicted octanol–water partition coefficient (Wildman–Crippen LogP) is 4.01. The summed E-state index contributed by atoms with van der Waals surface area (Å²) >= 11 is 0. The monoisotopic (exact) mass is 348 g/mol.